The average molecular weight is 590 g/mol. The molecule has 0 bridgehead atoms. The molecule has 1 saturated heterocycles. The van der Waals surface area contributed by atoms with Crippen LogP contribution in [-0.4, -0.2) is 51.1 Å². The van der Waals surface area contributed by atoms with E-state index in [9.17, 15) is 9.18 Å². The summed E-state index contributed by atoms with van der Waals surface area (Å²) in [4.78, 5) is 18.4. The number of nitrogens with zero attached hydrogens (tertiary/aromatic N) is 4. The number of carbonyl (C=O) groups excluding carboxylic acids is 1. The molecule has 0 spiro atoms. The molecule has 2 N–H and O–H groups in total. The molecule has 1 fully saturated rings. The summed E-state index contributed by atoms with van der Waals surface area (Å²) in [5, 5.41) is 5.62. The van der Waals surface area contributed by atoms with Gasteiger partial charge in [-0.25, -0.2) is 14.2 Å². The summed E-state index contributed by atoms with van der Waals surface area (Å²) in [5.41, 5.74) is 8.12. The molecule has 0 radical (unpaired) electrons. The summed E-state index contributed by atoms with van der Waals surface area (Å²) in [7, 11) is 0. The normalized spacial score (nSPS) is 14.6. The minimum absolute atomic E-state index is 0.0341. The molecule has 1 amide bonds. The zero-order valence-corrected chi connectivity index (χ0v) is 23.9. The number of likely N-dealkylation sites (tertiary alicyclic amines) is 1. The number of rotatable bonds is 6. The first-order valence-electron chi connectivity index (χ1n) is 12.9. The minimum atomic E-state index is -0.547. The number of aromatic nitrogens is 3. The van der Waals surface area contributed by atoms with Gasteiger partial charge in [-0.2, -0.15) is 5.10 Å². The molecule has 0 saturated carbocycles. The highest BCUT2D eigenvalue weighted by Crippen LogP contribution is 2.38. The molecule has 5 rings (SSSR count). The number of piperidine rings is 1. The molecule has 0 unspecified atom stereocenters. The number of ether oxygens (including phenoxy) is 2. The van der Waals surface area contributed by atoms with Crippen molar-refractivity contribution in [3.05, 3.63) is 58.4 Å². The average Bonchev–Trinajstić information content (AvgIpc) is 3.56. The second-order valence-electron chi connectivity index (χ2n) is 10.7. The molecule has 0 atom stereocenters. The predicted octanol–water partition coefficient (Wildman–Crippen LogP) is 6.91. The lowest BCUT2D eigenvalue weighted by Gasteiger charge is -2.33. The summed E-state index contributed by atoms with van der Waals surface area (Å²) >= 11 is 12.3. The topological polar surface area (TPSA) is 109 Å². The molecular formula is C28H30Cl2FN5O4. The van der Waals surface area contributed by atoms with Crippen molar-refractivity contribution >= 4 is 46.1 Å². The SMILES string of the molecule is CC(C)(C)OC(=O)N1CCC(n2cc(-c3coc4c(OCCc5c(Cl)ccc(F)c5Cl)c(N)ncc34)cn2)CC1. The standard InChI is InChI=1S/C28H30Cl2FN5O4/c1-28(2,3)40-27(37)35-9-6-17(7-10-35)36-14-16(12-34-36)20-15-39-24-19(20)13-33-26(32)25(24)38-11-8-18-21(29)4-5-22(31)23(18)30/h4-5,12-15,17H,6-11H2,1-3H3,(H2,32,33). The lowest BCUT2D eigenvalue weighted by atomic mass is 10.1. The van der Waals surface area contributed by atoms with Crippen LogP contribution in [0.25, 0.3) is 22.1 Å². The van der Waals surface area contributed by atoms with Gasteiger partial charge in [-0.1, -0.05) is 23.2 Å². The Hall–Kier alpha value is -3.50. The largest absolute Gasteiger partial charge is 0.486 e. The van der Waals surface area contributed by atoms with Crippen molar-refractivity contribution in [2.24, 2.45) is 0 Å². The molecule has 1 aliphatic heterocycles. The number of hydrogen-bond acceptors (Lipinski definition) is 7. The number of nitrogens with two attached hydrogens (primary N) is 1. The van der Waals surface area contributed by atoms with Gasteiger partial charge in [-0.3, -0.25) is 4.68 Å². The summed E-state index contributed by atoms with van der Waals surface area (Å²) in [6.07, 6.45) is 8.49. The predicted molar refractivity (Wildman–Crippen MR) is 151 cm³/mol. The fraction of sp³-hybridized carbons (Fsp3) is 0.393. The second-order valence-corrected chi connectivity index (χ2v) is 11.5. The van der Waals surface area contributed by atoms with E-state index >= 15 is 0 Å². The number of fused-ring (bicyclic) bond motifs is 1. The van der Waals surface area contributed by atoms with E-state index in [0.717, 1.165) is 24.0 Å². The molecule has 4 heterocycles. The lowest BCUT2D eigenvalue weighted by molar-refractivity contribution is 0.0185. The van der Waals surface area contributed by atoms with Gasteiger partial charge in [-0.15, -0.1) is 0 Å². The third kappa shape index (κ3) is 5.83. The number of benzene rings is 1. The molecule has 1 aromatic carbocycles. The van der Waals surface area contributed by atoms with Gasteiger partial charge in [0.05, 0.1) is 29.3 Å². The van der Waals surface area contributed by atoms with E-state index in [1.807, 2.05) is 31.6 Å². The van der Waals surface area contributed by atoms with E-state index < -0.39 is 11.4 Å². The fourth-order valence-electron chi connectivity index (χ4n) is 4.71. The third-order valence-electron chi connectivity index (χ3n) is 6.74. The quantitative estimate of drug-likeness (QED) is 0.243. The Balaban J connectivity index is 1.28. The third-order valence-corrected chi connectivity index (χ3v) is 7.50. The van der Waals surface area contributed by atoms with Gasteiger partial charge in [0.2, 0.25) is 5.75 Å². The smallest absolute Gasteiger partial charge is 0.410 e. The van der Waals surface area contributed by atoms with Crippen LogP contribution in [0.4, 0.5) is 15.0 Å². The number of carbonyl (C=O) groups is 1. The van der Waals surface area contributed by atoms with Crippen molar-refractivity contribution in [1.82, 2.24) is 19.7 Å². The Morgan fingerprint density at radius 3 is 2.70 bits per heavy atom. The number of furan rings is 1. The molecule has 40 heavy (non-hydrogen) atoms. The zero-order valence-electron chi connectivity index (χ0n) is 22.4. The summed E-state index contributed by atoms with van der Waals surface area (Å²) in [6.45, 7) is 6.91. The number of anilines is 1. The number of halogens is 3. The second kappa shape index (κ2) is 11.2. The van der Waals surface area contributed by atoms with E-state index in [-0.39, 0.29) is 41.8 Å². The number of pyridine rings is 1. The van der Waals surface area contributed by atoms with Crippen LogP contribution in [-0.2, 0) is 11.2 Å². The Bertz CT molecular complexity index is 1540. The summed E-state index contributed by atoms with van der Waals surface area (Å²) in [6, 6.07) is 2.83. The van der Waals surface area contributed by atoms with Crippen LogP contribution in [0.5, 0.6) is 5.75 Å². The number of hydrogen-bond donors (Lipinski definition) is 1. The molecular weight excluding hydrogens is 560 g/mol. The first-order chi connectivity index (χ1) is 19.0. The van der Waals surface area contributed by atoms with Gasteiger partial charge in [0.1, 0.15) is 17.7 Å². The molecule has 1 aliphatic rings. The number of nitrogen functional groups attached to an aromatic ring is 1. The molecule has 3 aromatic heterocycles. The van der Waals surface area contributed by atoms with E-state index in [4.69, 9.17) is 42.8 Å². The van der Waals surface area contributed by atoms with Crippen molar-refractivity contribution in [2.75, 3.05) is 25.4 Å². The van der Waals surface area contributed by atoms with E-state index in [1.165, 1.54) is 12.1 Å². The van der Waals surface area contributed by atoms with Gasteiger partial charge in [0, 0.05) is 48.1 Å². The van der Waals surface area contributed by atoms with E-state index in [0.29, 0.717) is 34.6 Å². The van der Waals surface area contributed by atoms with Crippen molar-refractivity contribution < 1.29 is 23.1 Å². The lowest BCUT2D eigenvalue weighted by Crippen LogP contribution is -2.42. The maximum Gasteiger partial charge on any atom is 0.410 e. The molecule has 9 nitrogen and oxygen atoms in total. The van der Waals surface area contributed by atoms with Gasteiger partial charge in [0.25, 0.3) is 0 Å². The first kappa shape index (κ1) is 28.0. The van der Waals surface area contributed by atoms with Crippen LogP contribution in [0, 0.1) is 5.82 Å². The van der Waals surface area contributed by atoms with Crippen molar-refractivity contribution in [3.8, 4) is 16.9 Å². The van der Waals surface area contributed by atoms with Crippen LogP contribution in [0.15, 0.2) is 41.4 Å². The van der Waals surface area contributed by atoms with E-state index in [2.05, 4.69) is 10.1 Å². The zero-order chi connectivity index (χ0) is 28.6. The minimum Gasteiger partial charge on any atom is -0.486 e. The molecule has 4 aromatic rings. The fourth-order valence-corrected chi connectivity index (χ4v) is 5.27. The van der Waals surface area contributed by atoms with E-state index in [1.54, 1.807) is 23.6 Å². The maximum absolute atomic E-state index is 13.9. The highest BCUT2D eigenvalue weighted by atomic mass is 35.5. The van der Waals surface area contributed by atoms with Gasteiger partial charge in [-0.05, 0) is 51.3 Å². The highest BCUT2D eigenvalue weighted by Gasteiger charge is 2.28. The Kier molecular flexibility index (Phi) is 7.83. The van der Waals surface area contributed by atoms with Gasteiger partial charge < -0.3 is 24.5 Å². The highest BCUT2D eigenvalue weighted by molar-refractivity contribution is 6.36. The van der Waals surface area contributed by atoms with Crippen LogP contribution in [0.1, 0.15) is 45.2 Å². The van der Waals surface area contributed by atoms with Crippen molar-refractivity contribution in [2.45, 2.75) is 51.7 Å². The van der Waals surface area contributed by atoms with Crippen molar-refractivity contribution in [1.29, 1.82) is 0 Å². The van der Waals surface area contributed by atoms with Gasteiger partial charge in [0.15, 0.2) is 11.4 Å². The Morgan fingerprint density at radius 2 is 1.98 bits per heavy atom. The monoisotopic (exact) mass is 589 g/mol. The van der Waals surface area contributed by atoms with Crippen LogP contribution in [0.3, 0.4) is 0 Å². The number of amides is 1. The first-order valence-corrected chi connectivity index (χ1v) is 13.7. The van der Waals surface area contributed by atoms with Crippen LogP contribution in [0.2, 0.25) is 10.0 Å². The molecule has 212 valence electrons. The maximum atomic E-state index is 13.9. The van der Waals surface area contributed by atoms with Crippen LogP contribution >= 0.6 is 23.2 Å². The Morgan fingerprint density at radius 1 is 1.23 bits per heavy atom. The van der Waals surface area contributed by atoms with Gasteiger partial charge >= 0.3 is 6.09 Å². The Labute approximate surface area is 240 Å². The van der Waals surface area contributed by atoms with Crippen molar-refractivity contribution in [3.63, 3.8) is 0 Å². The molecule has 12 heteroatoms. The summed E-state index contributed by atoms with van der Waals surface area (Å²) in [5.74, 6) is -0.0965. The molecule has 0 aliphatic carbocycles. The summed E-state index contributed by atoms with van der Waals surface area (Å²) < 4.78 is 33.1. The van der Waals surface area contributed by atoms with Crippen LogP contribution < -0.4 is 10.5 Å².